The number of amides is 6. The molecule has 118 heavy (non-hydrogen) atoms. The van der Waals surface area contributed by atoms with Crippen molar-refractivity contribution in [2.75, 3.05) is 178 Å². The van der Waals surface area contributed by atoms with Crippen LogP contribution in [0.15, 0.2) is 170 Å². The molecule has 4 aromatic carbocycles. The van der Waals surface area contributed by atoms with Gasteiger partial charge < -0.3 is 108 Å². The first-order valence-electron chi connectivity index (χ1n) is 39.1. The molecule has 0 aliphatic carbocycles. The van der Waals surface area contributed by atoms with Crippen molar-refractivity contribution in [2.24, 2.45) is 0 Å². The number of benzene rings is 4. The summed E-state index contributed by atoms with van der Waals surface area (Å²) in [4.78, 5) is 107. The Bertz CT molecular complexity index is 4890. The molecule has 34 nitrogen and oxygen atoms in total. The molecule has 12 heterocycles. The van der Waals surface area contributed by atoms with Gasteiger partial charge in [-0.2, -0.15) is 0 Å². The molecule has 0 unspecified atom stereocenters. The highest BCUT2D eigenvalue weighted by Gasteiger charge is 2.28. The predicted octanol–water partition coefficient (Wildman–Crippen LogP) is 11.8. The Balaban J connectivity index is 0.000000136. The van der Waals surface area contributed by atoms with Gasteiger partial charge in [0.1, 0.15) is 73.8 Å². The number of carbonyl (C=O) groups excluding carboxylic acids is 4. The van der Waals surface area contributed by atoms with Crippen LogP contribution in [0.5, 0.6) is 28.7 Å². The van der Waals surface area contributed by atoms with Crippen molar-refractivity contribution in [1.29, 1.82) is 0 Å². The molecular formula is C82H101BrN22O12S. The van der Waals surface area contributed by atoms with Gasteiger partial charge in [-0.25, -0.2) is 44.3 Å². The number of thiophene rings is 1. The first-order valence-corrected chi connectivity index (χ1v) is 40.7. The zero-order valence-electron chi connectivity index (χ0n) is 67.0. The van der Waals surface area contributed by atoms with Gasteiger partial charge in [-0.3, -0.25) is 14.6 Å². The summed E-state index contributed by atoms with van der Waals surface area (Å²) in [5.74, 6) is 4.96. The second-order valence-corrected chi connectivity index (χ2v) is 29.0. The van der Waals surface area contributed by atoms with Gasteiger partial charge in [0.15, 0.2) is 11.6 Å². The predicted molar refractivity (Wildman–Crippen MR) is 457 cm³/mol. The summed E-state index contributed by atoms with van der Waals surface area (Å²) >= 11 is 5.08. The topological polar surface area (TPSA) is 360 Å². The molecular weight excluding hydrogens is 1600 g/mol. The minimum Gasteiger partial charge on any atom is -0.490 e. The summed E-state index contributed by atoms with van der Waals surface area (Å²) in [5, 5.41) is 10.5. The molecule has 11 aromatic rings. The smallest absolute Gasteiger partial charge is 0.414 e. The highest BCUT2D eigenvalue weighted by atomic mass is 79.9. The molecule has 0 bridgehead atoms. The fraction of sp³-hybridized carbons (Fsp3) is 0.366. The maximum absolute atomic E-state index is 12.3. The maximum Gasteiger partial charge on any atom is 0.414 e. The summed E-state index contributed by atoms with van der Waals surface area (Å²) in [6.07, 6.45) is 18.8. The van der Waals surface area contributed by atoms with Crippen molar-refractivity contribution in [2.45, 2.75) is 66.3 Å². The van der Waals surface area contributed by atoms with Gasteiger partial charge in [0.2, 0.25) is 0 Å². The third-order valence-electron chi connectivity index (χ3n) is 19.2. The molecule has 5 aliphatic heterocycles. The lowest BCUT2D eigenvalue weighted by molar-refractivity contribution is -0.122. The number of halogens is 1. The second-order valence-electron chi connectivity index (χ2n) is 27.2. The van der Waals surface area contributed by atoms with Crippen molar-refractivity contribution in [1.82, 2.24) is 65.5 Å². The lowest BCUT2D eigenvalue weighted by Gasteiger charge is -2.32. The molecule has 0 radical (unpaired) electrons. The standard InChI is InChI=1S/C19H21N5O2S.C18H24N4O4.C17H23N5O2.C17H22N4O3.C11H11BrN4O/c25-19(21-6-5-16-2-1-9-27-16)23-14-3-4-18-17(10-14)24(7-8-26-18)12-15-11-20-13-22-15;1-3-22(18(23)26-9-8-24-2)15-4-5-17-16(10-15)21(6-7-25-17)12-14-11-19-13-20-14;1-3-6-22(17(23)18-2)14-4-5-16-15(9-14)21(7-8-24-16)11-13-10-19-12-20-13;1-3-21(17(22)11-23-2)14-4-5-16-15(8-14)20(6-7-24-16)10-13-9-18-12-19-13;12-10-2-1-9-11(15-10)16(3-4-17-9)6-8-5-13-7-14-8/h1-4,9-11,13H,5-8,12H2,(H,20,22)(H2,21,23,25);4-5,10-11,13H,3,6-9,12H2,1-2H3,(H,19,20);4-5,9-10,12H,3,6-8,11H2,1-2H3,(H,18,23)(H,19,20);4-5,8-9,12H,3,6-7,10-11H2,1-2H3,(H,18,19);1-2,5,7H,3-4,6H2,(H,13,14). The number of nitrogens with zero attached hydrogens (tertiary/aromatic N) is 14. The normalized spacial score (nSPS) is 13.3. The number of aromatic amines is 5. The van der Waals surface area contributed by atoms with Crippen LogP contribution in [-0.4, -0.2) is 212 Å². The van der Waals surface area contributed by atoms with Crippen LogP contribution in [0, 0.1) is 0 Å². The SMILES string of the molecule is Brc1ccc2c(n1)N(Cc1cnc[nH]1)CCO2.CCCN(C(=O)NC)c1ccc2c(c1)N(Cc1cnc[nH]1)CCO2.CCN(C(=O)COC)c1ccc2c(c1)N(Cc1cnc[nH]1)CCO2.CCN(C(=O)OCCOC)c1ccc2c(c1)N(Cc1cnc[nH]1)CCO2.O=C(NCCc1cccs1)Nc1ccc2c(c1)N(Cc1cnc[nH]1)CCO2. The fourth-order valence-corrected chi connectivity index (χ4v) is 14.5. The van der Waals surface area contributed by atoms with Crippen LogP contribution in [0.3, 0.4) is 0 Å². The first-order chi connectivity index (χ1) is 57.8. The molecule has 5 aliphatic rings. The Hall–Kier alpha value is -12.5. The van der Waals surface area contributed by atoms with Crippen molar-refractivity contribution >= 4 is 103 Å². The molecule has 0 spiro atoms. The summed E-state index contributed by atoms with van der Waals surface area (Å²) in [7, 11) is 4.75. The average molecular weight is 1700 g/mol. The van der Waals surface area contributed by atoms with Crippen LogP contribution in [0.25, 0.3) is 0 Å². The number of fused-ring (bicyclic) bond motifs is 5. The van der Waals surface area contributed by atoms with Crippen LogP contribution in [0.2, 0.25) is 0 Å². The van der Waals surface area contributed by atoms with E-state index in [2.05, 4.69) is 124 Å². The summed E-state index contributed by atoms with van der Waals surface area (Å²) in [6.45, 7) is 19.8. The van der Waals surface area contributed by atoms with E-state index in [-0.39, 0.29) is 37.3 Å². The van der Waals surface area contributed by atoms with E-state index >= 15 is 0 Å². The number of aromatic nitrogens is 11. The molecule has 0 atom stereocenters. The highest BCUT2D eigenvalue weighted by molar-refractivity contribution is 9.10. The lowest BCUT2D eigenvalue weighted by Crippen LogP contribution is -2.39. The summed E-state index contributed by atoms with van der Waals surface area (Å²) < 4.78 is 44.6. The largest absolute Gasteiger partial charge is 0.490 e. The number of ether oxygens (including phenoxy) is 8. The maximum atomic E-state index is 12.3. The van der Waals surface area contributed by atoms with Gasteiger partial charge in [-0.05, 0) is 139 Å². The molecule has 624 valence electrons. The Morgan fingerprint density at radius 2 is 0.949 bits per heavy atom. The van der Waals surface area contributed by atoms with Crippen LogP contribution >= 0.6 is 27.3 Å². The van der Waals surface area contributed by atoms with Gasteiger partial charge in [0, 0.05) is 106 Å². The zero-order valence-corrected chi connectivity index (χ0v) is 69.4. The average Bonchev–Trinajstić information content (AvgIpc) is 1.61. The van der Waals surface area contributed by atoms with E-state index in [1.54, 1.807) is 71.8 Å². The quantitative estimate of drug-likeness (QED) is 0.0184. The van der Waals surface area contributed by atoms with E-state index < -0.39 is 0 Å². The minimum atomic E-state index is -0.388. The van der Waals surface area contributed by atoms with E-state index in [4.69, 9.17) is 37.9 Å². The number of pyridine rings is 1. The number of urea groups is 2. The number of imidazole rings is 5. The number of hydrogen-bond acceptors (Lipinski definition) is 24. The molecule has 0 saturated carbocycles. The first kappa shape index (κ1) is 84.8. The molecule has 0 saturated heterocycles. The molecule has 16 rings (SSSR count). The Morgan fingerprint density at radius 1 is 0.517 bits per heavy atom. The van der Waals surface area contributed by atoms with Crippen LogP contribution in [0.4, 0.5) is 65.7 Å². The van der Waals surface area contributed by atoms with E-state index in [9.17, 15) is 19.2 Å². The van der Waals surface area contributed by atoms with Gasteiger partial charge in [0.05, 0.1) is 155 Å². The Kier molecular flexibility index (Phi) is 31.2. The third-order valence-corrected chi connectivity index (χ3v) is 20.6. The van der Waals surface area contributed by atoms with E-state index in [0.29, 0.717) is 78.9 Å². The summed E-state index contributed by atoms with van der Waals surface area (Å²) in [5.41, 5.74) is 12.3. The number of methoxy groups -OCH3 is 2. The number of hydrogen-bond donors (Lipinski definition) is 8. The number of likely N-dealkylation sites (N-methyl/N-ethyl adjacent to an activating group) is 1. The fourth-order valence-electron chi connectivity index (χ4n) is 13.5. The second kappa shape index (κ2) is 43.4. The highest BCUT2D eigenvalue weighted by Crippen LogP contribution is 2.41. The monoisotopic (exact) mass is 1700 g/mol. The van der Waals surface area contributed by atoms with Gasteiger partial charge in [-0.15, -0.1) is 11.3 Å². The molecule has 7 aromatic heterocycles. The lowest BCUT2D eigenvalue weighted by atomic mass is 10.2. The van der Waals surface area contributed by atoms with E-state index in [1.165, 1.54) is 12.0 Å². The molecule has 36 heteroatoms. The molecule has 6 amide bonds. The van der Waals surface area contributed by atoms with Crippen molar-refractivity contribution < 1.29 is 57.1 Å². The molecule has 8 N–H and O–H groups in total. The van der Waals surface area contributed by atoms with E-state index in [1.807, 2.05) is 141 Å². The van der Waals surface area contributed by atoms with Gasteiger partial charge in [0.25, 0.3) is 5.91 Å². The van der Waals surface area contributed by atoms with Crippen molar-refractivity contribution in [3.63, 3.8) is 0 Å². The minimum absolute atomic E-state index is 0.0585. The Morgan fingerprint density at radius 3 is 1.37 bits per heavy atom. The third kappa shape index (κ3) is 23.4. The number of rotatable bonds is 26. The number of nitrogens with one attached hydrogen (secondary N) is 8. The van der Waals surface area contributed by atoms with Gasteiger partial charge in [-0.1, -0.05) is 13.0 Å². The van der Waals surface area contributed by atoms with Crippen molar-refractivity contribution in [3.8, 4) is 28.7 Å². The molecule has 0 fully saturated rings. The Labute approximate surface area is 697 Å². The van der Waals surface area contributed by atoms with Crippen molar-refractivity contribution in [3.05, 3.63) is 203 Å². The van der Waals surface area contributed by atoms with Gasteiger partial charge >= 0.3 is 18.2 Å². The van der Waals surface area contributed by atoms with Crippen LogP contribution in [0.1, 0.15) is 60.5 Å². The number of carbonyl (C=O) groups is 4. The van der Waals surface area contributed by atoms with Crippen LogP contribution < -0.4 is 78.8 Å². The number of anilines is 9. The van der Waals surface area contributed by atoms with Crippen LogP contribution in [-0.2, 0) is 58.1 Å². The summed E-state index contributed by atoms with van der Waals surface area (Å²) in [6, 6.07) is 30.8. The zero-order chi connectivity index (χ0) is 82.4. The number of H-pyrrole nitrogens is 5. The van der Waals surface area contributed by atoms with E-state index in [0.717, 1.165) is 178 Å².